The lowest BCUT2D eigenvalue weighted by Gasteiger charge is -2.22. The van der Waals surface area contributed by atoms with Crippen molar-refractivity contribution in [1.82, 2.24) is 4.90 Å². The minimum absolute atomic E-state index is 0.000841. The van der Waals surface area contributed by atoms with Crippen LogP contribution in [0.3, 0.4) is 0 Å². The minimum atomic E-state index is -4.40. The molecule has 0 aromatic heterocycles. The molecule has 0 unspecified atom stereocenters. The molecule has 0 fully saturated rings. The first kappa shape index (κ1) is 15.5. The van der Waals surface area contributed by atoms with Crippen LogP contribution in [0.15, 0.2) is 27.1 Å². The Morgan fingerprint density at radius 1 is 1.33 bits per heavy atom. The van der Waals surface area contributed by atoms with E-state index in [1.165, 1.54) is 13.0 Å². The lowest BCUT2D eigenvalue weighted by atomic mass is 10.2. The van der Waals surface area contributed by atoms with Gasteiger partial charge in [0.25, 0.3) is 5.91 Å². The number of halogens is 5. The van der Waals surface area contributed by atoms with Gasteiger partial charge in [-0.3, -0.25) is 4.79 Å². The average molecular weight is 389 g/mol. The second-order valence-corrected chi connectivity index (χ2v) is 5.33. The second-order valence-electron chi connectivity index (χ2n) is 3.56. The molecule has 1 rings (SSSR count). The highest BCUT2D eigenvalue weighted by Crippen LogP contribution is 2.24. The van der Waals surface area contributed by atoms with Crippen LogP contribution in [-0.2, 0) is 0 Å². The summed E-state index contributed by atoms with van der Waals surface area (Å²) in [6.45, 7) is 0.266. The molecule has 0 aliphatic carbocycles. The van der Waals surface area contributed by atoms with Crippen LogP contribution in [-0.4, -0.2) is 30.1 Å². The first-order chi connectivity index (χ1) is 8.24. The van der Waals surface area contributed by atoms with E-state index in [1.54, 1.807) is 12.1 Å². The van der Waals surface area contributed by atoms with Crippen molar-refractivity contribution in [1.29, 1.82) is 0 Å². The maximum Gasteiger partial charge on any atom is 0.406 e. The van der Waals surface area contributed by atoms with Gasteiger partial charge in [0.1, 0.15) is 6.54 Å². The molecule has 0 spiro atoms. The molecule has 0 radical (unpaired) electrons. The van der Waals surface area contributed by atoms with Crippen LogP contribution in [0.1, 0.15) is 17.3 Å². The Labute approximate surface area is 119 Å². The summed E-state index contributed by atoms with van der Waals surface area (Å²) < 4.78 is 38.2. The summed E-state index contributed by atoms with van der Waals surface area (Å²) in [5.74, 6) is -0.644. The fourth-order valence-electron chi connectivity index (χ4n) is 1.38. The summed E-state index contributed by atoms with van der Waals surface area (Å²) in [5, 5.41) is 0. The summed E-state index contributed by atoms with van der Waals surface area (Å²) in [6, 6.07) is 4.71. The highest BCUT2D eigenvalue weighted by Gasteiger charge is 2.33. The predicted molar refractivity (Wildman–Crippen MR) is 69.5 cm³/mol. The Morgan fingerprint density at radius 2 is 1.94 bits per heavy atom. The molecule has 0 heterocycles. The van der Waals surface area contributed by atoms with Gasteiger partial charge in [-0.2, -0.15) is 13.2 Å². The van der Waals surface area contributed by atoms with Gasteiger partial charge in [0.2, 0.25) is 0 Å². The number of hydrogen-bond donors (Lipinski definition) is 0. The molecule has 0 saturated carbocycles. The fourth-order valence-corrected chi connectivity index (χ4v) is 2.59. The van der Waals surface area contributed by atoms with Crippen LogP contribution >= 0.6 is 31.9 Å². The molecule has 0 aliphatic rings. The molecule has 0 bridgehead atoms. The molecule has 1 aromatic rings. The molecule has 0 N–H and O–H groups in total. The van der Waals surface area contributed by atoms with E-state index in [2.05, 4.69) is 31.9 Å². The Balaban J connectivity index is 2.97. The molecule has 0 saturated heterocycles. The number of rotatable bonds is 3. The summed E-state index contributed by atoms with van der Waals surface area (Å²) in [7, 11) is 0. The van der Waals surface area contributed by atoms with Crippen molar-refractivity contribution in [3.8, 4) is 0 Å². The Hall–Kier alpha value is -0.560. The lowest BCUT2D eigenvalue weighted by molar-refractivity contribution is -0.140. The molecular formula is C11H10Br2F3NO. The highest BCUT2D eigenvalue weighted by atomic mass is 79.9. The van der Waals surface area contributed by atoms with Crippen LogP contribution in [0.4, 0.5) is 13.2 Å². The van der Waals surface area contributed by atoms with Crippen LogP contribution < -0.4 is 0 Å². The van der Waals surface area contributed by atoms with Crippen LogP contribution in [0, 0.1) is 0 Å². The van der Waals surface area contributed by atoms with Crippen LogP contribution in [0.25, 0.3) is 0 Å². The third-order valence-electron chi connectivity index (χ3n) is 2.20. The minimum Gasteiger partial charge on any atom is -0.330 e. The van der Waals surface area contributed by atoms with E-state index in [-0.39, 0.29) is 12.1 Å². The van der Waals surface area contributed by atoms with Crippen molar-refractivity contribution in [2.24, 2.45) is 0 Å². The summed E-state index contributed by atoms with van der Waals surface area (Å²) in [5.41, 5.74) is 0.212. The number of alkyl halides is 3. The number of carbonyl (C=O) groups excluding carboxylic acids is 1. The zero-order valence-corrected chi connectivity index (χ0v) is 12.6. The predicted octanol–water partition coefficient (Wildman–Crippen LogP) is 4.24. The topological polar surface area (TPSA) is 20.3 Å². The van der Waals surface area contributed by atoms with Gasteiger partial charge in [0.15, 0.2) is 0 Å². The van der Waals surface area contributed by atoms with Gasteiger partial charge in [0, 0.05) is 15.5 Å². The number of benzene rings is 1. The van der Waals surface area contributed by atoms with Gasteiger partial charge < -0.3 is 4.90 Å². The second kappa shape index (κ2) is 6.06. The Kier molecular flexibility index (Phi) is 5.21. The van der Waals surface area contributed by atoms with Crippen molar-refractivity contribution in [3.63, 3.8) is 0 Å². The van der Waals surface area contributed by atoms with Crippen molar-refractivity contribution < 1.29 is 18.0 Å². The maximum absolute atomic E-state index is 12.3. The zero-order chi connectivity index (χ0) is 13.9. The van der Waals surface area contributed by atoms with Gasteiger partial charge in [-0.25, -0.2) is 0 Å². The van der Waals surface area contributed by atoms with Crippen LogP contribution in [0.5, 0.6) is 0 Å². The largest absolute Gasteiger partial charge is 0.406 e. The lowest BCUT2D eigenvalue weighted by Crippen LogP contribution is -2.38. The van der Waals surface area contributed by atoms with E-state index >= 15 is 0 Å². The molecule has 7 heteroatoms. The van der Waals surface area contributed by atoms with Gasteiger partial charge >= 0.3 is 6.18 Å². The monoisotopic (exact) mass is 387 g/mol. The molecule has 1 amide bonds. The van der Waals surface area contributed by atoms with Gasteiger partial charge in [-0.05, 0) is 41.1 Å². The van der Waals surface area contributed by atoms with Crippen molar-refractivity contribution in [2.75, 3.05) is 13.1 Å². The summed E-state index contributed by atoms with van der Waals surface area (Å²) in [4.78, 5) is 12.7. The van der Waals surface area contributed by atoms with Crippen molar-refractivity contribution >= 4 is 37.8 Å². The maximum atomic E-state index is 12.3. The normalized spacial score (nSPS) is 11.4. The third kappa shape index (κ3) is 4.28. The van der Waals surface area contributed by atoms with Crippen molar-refractivity contribution in [2.45, 2.75) is 13.1 Å². The van der Waals surface area contributed by atoms with E-state index < -0.39 is 18.6 Å². The van der Waals surface area contributed by atoms with Crippen molar-refractivity contribution in [3.05, 3.63) is 32.7 Å². The molecule has 0 aliphatic heterocycles. The third-order valence-corrected chi connectivity index (χ3v) is 3.35. The number of amides is 1. The SMILES string of the molecule is CCN(CC(F)(F)F)C(=O)c1ccc(Br)cc1Br. The molecule has 1 aromatic carbocycles. The Morgan fingerprint density at radius 3 is 2.39 bits per heavy atom. The number of carbonyl (C=O) groups is 1. The Bertz CT molecular complexity index is 448. The smallest absolute Gasteiger partial charge is 0.330 e. The molecule has 100 valence electrons. The molecule has 18 heavy (non-hydrogen) atoms. The molecule has 0 atom stereocenters. The van der Waals surface area contributed by atoms with E-state index in [9.17, 15) is 18.0 Å². The van der Waals surface area contributed by atoms with Crippen LogP contribution in [0.2, 0.25) is 0 Å². The first-order valence-corrected chi connectivity index (χ1v) is 6.64. The summed E-state index contributed by atoms with van der Waals surface area (Å²) >= 11 is 6.38. The van der Waals surface area contributed by atoms with Gasteiger partial charge in [-0.15, -0.1) is 0 Å². The van der Waals surface area contributed by atoms with E-state index in [0.717, 1.165) is 9.37 Å². The van der Waals surface area contributed by atoms with E-state index in [1.807, 2.05) is 0 Å². The molecule has 2 nitrogen and oxygen atoms in total. The van der Waals surface area contributed by atoms with E-state index in [0.29, 0.717) is 4.47 Å². The van der Waals surface area contributed by atoms with Gasteiger partial charge in [-0.1, -0.05) is 15.9 Å². The highest BCUT2D eigenvalue weighted by molar-refractivity contribution is 9.11. The first-order valence-electron chi connectivity index (χ1n) is 5.05. The fraction of sp³-hybridized carbons (Fsp3) is 0.364. The standard InChI is InChI=1S/C11H10Br2F3NO/c1-2-17(6-11(14,15)16)10(18)8-4-3-7(12)5-9(8)13/h3-5H,2,6H2,1H3. The average Bonchev–Trinajstić information content (AvgIpc) is 2.24. The number of nitrogens with zero attached hydrogens (tertiary/aromatic N) is 1. The quantitative estimate of drug-likeness (QED) is 0.758. The van der Waals surface area contributed by atoms with Gasteiger partial charge in [0.05, 0.1) is 5.56 Å². The number of hydrogen-bond acceptors (Lipinski definition) is 1. The zero-order valence-electron chi connectivity index (χ0n) is 9.39. The van der Waals surface area contributed by atoms with E-state index in [4.69, 9.17) is 0 Å². The summed E-state index contributed by atoms with van der Waals surface area (Å²) in [6.07, 6.45) is -4.40. The molecular weight excluding hydrogens is 379 g/mol.